The molecule has 0 aromatic heterocycles. The number of Topliss-reactive ketones (excluding diaryl/α,β-unsaturated/α-hetero) is 1. The molecule has 0 spiro atoms. The van der Waals surface area contributed by atoms with Gasteiger partial charge in [-0.25, -0.2) is 0 Å². The molecule has 2 aromatic rings. The summed E-state index contributed by atoms with van der Waals surface area (Å²) in [5, 5.41) is 0. The van der Waals surface area contributed by atoms with Crippen LogP contribution in [0.15, 0.2) is 40.9 Å². The number of halogens is 1. The summed E-state index contributed by atoms with van der Waals surface area (Å²) in [5.74, 6) is 1.38. The summed E-state index contributed by atoms with van der Waals surface area (Å²) in [6.45, 7) is 1.97. The molecule has 4 heteroatoms. The zero-order chi connectivity index (χ0) is 15.4. The molecule has 0 atom stereocenters. The molecule has 0 N–H and O–H groups in total. The predicted molar refractivity (Wildman–Crippen MR) is 86.5 cm³/mol. The van der Waals surface area contributed by atoms with E-state index in [0.29, 0.717) is 23.5 Å². The summed E-state index contributed by atoms with van der Waals surface area (Å²) in [4.78, 5) is 12.3. The fourth-order valence-corrected chi connectivity index (χ4v) is 2.34. The number of aryl methyl sites for hydroxylation is 1. The average molecular weight is 349 g/mol. The van der Waals surface area contributed by atoms with E-state index in [0.717, 1.165) is 15.6 Å². The van der Waals surface area contributed by atoms with E-state index < -0.39 is 0 Å². The Morgan fingerprint density at radius 1 is 1.05 bits per heavy atom. The Morgan fingerprint density at radius 3 is 2.38 bits per heavy atom. The minimum Gasteiger partial charge on any atom is -0.493 e. The lowest BCUT2D eigenvalue weighted by Crippen LogP contribution is -2.04. The maximum Gasteiger partial charge on any atom is 0.167 e. The van der Waals surface area contributed by atoms with Crippen LogP contribution in [0.5, 0.6) is 11.5 Å². The molecule has 0 aliphatic rings. The normalized spacial score (nSPS) is 10.3. The van der Waals surface area contributed by atoms with E-state index in [2.05, 4.69) is 15.9 Å². The van der Waals surface area contributed by atoms with Crippen molar-refractivity contribution in [3.8, 4) is 11.5 Å². The van der Waals surface area contributed by atoms with E-state index in [-0.39, 0.29) is 5.78 Å². The highest BCUT2D eigenvalue weighted by Gasteiger charge is 2.11. The number of methoxy groups -OCH3 is 2. The molecule has 3 nitrogen and oxygen atoms in total. The minimum absolute atomic E-state index is 0.0813. The van der Waals surface area contributed by atoms with Crippen LogP contribution in [0.2, 0.25) is 0 Å². The van der Waals surface area contributed by atoms with Crippen LogP contribution in [0, 0.1) is 6.92 Å². The summed E-state index contributed by atoms with van der Waals surface area (Å²) in [6, 6.07) is 11.2. The maximum atomic E-state index is 12.3. The van der Waals surface area contributed by atoms with Crippen molar-refractivity contribution in [1.82, 2.24) is 0 Å². The van der Waals surface area contributed by atoms with Crippen molar-refractivity contribution in [2.24, 2.45) is 0 Å². The van der Waals surface area contributed by atoms with E-state index in [1.54, 1.807) is 14.2 Å². The standard InChI is InChI=1S/C17H17BrO3/c1-11-8-13(5-6-14(11)18)15(19)9-12-4-7-16(20-2)17(10-12)21-3/h4-8,10H,9H2,1-3H3. The van der Waals surface area contributed by atoms with Gasteiger partial charge in [-0.2, -0.15) is 0 Å². The fourth-order valence-electron chi connectivity index (χ4n) is 2.10. The van der Waals surface area contributed by atoms with Gasteiger partial charge in [0.05, 0.1) is 14.2 Å². The Bertz CT molecular complexity index is 665. The third-order valence-electron chi connectivity index (χ3n) is 3.29. The van der Waals surface area contributed by atoms with Gasteiger partial charge in [-0.05, 0) is 42.3 Å². The summed E-state index contributed by atoms with van der Waals surface area (Å²) >= 11 is 3.44. The van der Waals surface area contributed by atoms with Crippen LogP contribution >= 0.6 is 15.9 Å². The molecule has 0 aliphatic carbocycles. The molecule has 110 valence electrons. The molecule has 0 fully saturated rings. The van der Waals surface area contributed by atoms with Crippen molar-refractivity contribution in [2.45, 2.75) is 13.3 Å². The van der Waals surface area contributed by atoms with E-state index in [9.17, 15) is 4.79 Å². The van der Waals surface area contributed by atoms with Gasteiger partial charge < -0.3 is 9.47 Å². The Balaban J connectivity index is 2.21. The molecule has 2 aromatic carbocycles. The van der Waals surface area contributed by atoms with Crippen LogP contribution in [0.3, 0.4) is 0 Å². The van der Waals surface area contributed by atoms with Crippen molar-refractivity contribution >= 4 is 21.7 Å². The second kappa shape index (κ2) is 6.76. The Labute approximate surface area is 133 Å². The van der Waals surface area contributed by atoms with E-state index in [1.807, 2.05) is 43.3 Å². The molecule has 0 unspecified atom stereocenters. The molecule has 0 amide bonds. The predicted octanol–water partition coefficient (Wildman–Crippen LogP) is 4.20. The second-order valence-corrected chi connectivity index (χ2v) is 5.61. The van der Waals surface area contributed by atoms with Gasteiger partial charge in [-0.3, -0.25) is 4.79 Å². The van der Waals surface area contributed by atoms with Crippen LogP contribution in [-0.4, -0.2) is 20.0 Å². The number of carbonyl (C=O) groups is 1. The molecule has 0 saturated carbocycles. The fraction of sp³-hybridized carbons (Fsp3) is 0.235. The second-order valence-electron chi connectivity index (χ2n) is 4.75. The van der Waals surface area contributed by atoms with Crippen molar-refractivity contribution in [3.05, 3.63) is 57.6 Å². The van der Waals surface area contributed by atoms with Gasteiger partial charge in [0.1, 0.15) is 0 Å². The highest BCUT2D eigenvalue weighted by atomic mass is 79.9. The number of hydrogen-bond acceptors (Lipinski definition) is 3. The van der Waals surface area contributed by atoms with Crippen LogP contribution in [0.25, 0.3) is 0 Å². The first kappa shape index (κ1) is 15.6. The average Bonchev–Trinajstić information content (AvgIpc) is 2.49. The molecule has 0 radical (unpaired) electrons. The first-order valence-electron chi connectivity index (χ1n) is 6.55. The Morgan fingerprint density at radius 2 is 1.76 bits per heavy atom. The van der Waals surface area contributed by atoms with Crippen LogP contribution in [-0.2, 0) is 6.42 Å². The van der Waals surface area contributed by atoms with E-state index >= 15 is 0 Å². The number of ether oxygens (including phenoxy) is 2. The van der Waals surface area contributed by atoms with Gasteiger partial charge >= 0.3 is 0 Å². The largest absolute Gasteiger partial charge is 0.493 e. The number of benzene rings is 2. The van der Waals surface area contributed by atoms with Crippen LogP contribution < -0.4 is 9.47 Å². The highest BCUT2D eigenvalue weighted by Crippen LogP contribution is 2.28. The van der Waals surface area contributed by atoms with Crippen molar-refractivity contribution in [2.75, 3.05) is 14.2 Å². The number of carbonyl (C=O) groups excluding carboxylic acids is 1. The van der Waals surface area contributed by atoms with Gasteiger partial charge in [0.15, 0.2) is 17.3 Å². The SMILES string of the molecule is COc1ccc(CC(=O)c2ccc(Br)c(C)c2)cc1OC. The van der Waals surface area contributed by atoms with E-state index in [4.69, 9.17) is 9.47 Å². The topological polar surface area (TPSA) is 35.5 Å². The number of rotatable bonds is 5. The molecule has 0 saturated heterocycles. The van der Waals surface area contributed by atoms with Crippen molar-refractivity contribution in [3.63, 3.8) is 0 Å². The maximum absolute atomic E-state index is 12.3. The van der Waals surface area contributed by atoms with Gasteiger partial charge in [0.25, 0.3) is 0 Å². The Kier molecular flexibility index (Phi) is 5.02. The summed E-state index contributed by atoms with van der Waals surface area (Å²) in [7, 11) is 3.18. The van der Waals surface area contributed by atoms with Gasteiger partial charge in [0, 0.05) is 16.5 Å². The third-order valence-corrected chi connectivity index (χ3v) is 4.18. The first-order valence-corrected chi connectivity index (χ1v) is 7.34. The molecule has 0 heterocycles. The molecule has 21 heavy (non-hydrogen) atoms. The number of ketones is 1. The summed E-state index contributed by atoms with van der Waals surface area (Å²) in [6.07, 6.45) is 0.335. The molecule has 0 bridgehead atoms. The molecular formula is C17H17BrO3. The Hall–Kier alpha value is -1.81. The lowest BCUT2D eigenvalue weighted by atomic mass is 10.0. The lowest BCUT2D eigenvalue weighted by molar-refractivity contribution is 0.0993. The monoisotopic (exact) mass is 348 g/mol. The van der Waals surface area contributed by atoms with Crippen molar-refractivity contribution in [1.29, 1.82) is 0 Å². The summed E-state index contributed by atoms with van der Waals surface area (Å²) in [5.41, 5.74) is 2.66. The molecule has 0 aliphatic heterocycles. The smallest absolute Gasteiger partial charge is 0.167 e. The van der Waals surface area contributed by atoms with Crippen molar-refractivity contribution < 1.29 is 14.3 Å². The van der Waals surface area contributed by atoms with Crippen LogP contribution in [0.1, 0.15) is 21.5 Å². The van der Waals surface area contributed by atoms with Crippen LogP contribution in [0.4, 0.5) is 0 Å². The number of hydrogen-bond donors (Lipinski definition) is 0. The third kappa shape index (κ3) is 3.64. The van der Waals surface area contributed by atoms with Gasteiger partial charge in [-0.1, -0.05) is 28.1 Å². The van der Waals surface area contributed by atoms with Gasteiger partial charge in [0.2, 0.25) is 0 Å². The quantitative estimate of drug-likeness (QED) is 0.759. The lowest BCUT2D eigenvalue weighted by Gasteiger charge is -2.09. The zero-order valence-corrected chi connectivity index (χ0v) is 13.9. The minimum atomic E-state index is 0.0813. The molecular weight excluding hydrogens is 332 g/mol. The van der Waals surface area contributed by atoms with Gasteiger partial charge in [-0.15, -0.1) is 0 Å². The zero-order valence-electron chi connectivity index (χ0n) is 12.3. The summed E-state index contributed by atoms with van der Waals surface area (Å²) < 4.78 is 11.5. The first-order chi connectivity index (χ1) is 10.0. The van der Waals surface area contributed by atoms with E-state index in [1.165, 1.54) is 0 Å². The highest BCUT2D eigenvalue weighted by molar-refractivity contribution is 9.10. The molecule has 2 rings (SSSR count).